The van der Waals surface area contributed by atoms with Crippen LogP contribution in [0.2, 0.25) is 0 Å². The minimum atomic E-state index is -0.876. The number of carbonyl (C=O) groups excluding carboxylic acids is 1. The fourth-order valence-corrected chi connectivity index (χ4v) is 3.17. The summed E-state index contributed by atoms with van der Waals surface area (Å²) in [7, 11) is 1.59. The van der Waals surface area contributed by atoms with Crippen molar-refractivity contribution in [1.82, 2.24) is 4.90 Å². The van der Waals surface area contributed by atoms with Crippen LogP contribution in [0.15, 0.2) is 11.8 Å². The van der Waals surface area contributed by atoms with Gasteiger partial charge in [-0.3, -0.25) is 4.79 Å². The summed E-state index contributed by atoms with van der Waals surface area (Å²) in [6.07, 6.45) is 8.89. The smallest absolute Gasteiger partial charge is 0.228 e. The summed E-state index contributed by atoms with van der Waals surface area (Å²) in [5, 5.41) is 10.3. The predicted octanol–water partition coefficient (Wildman–Crippen LogP) is 2.78. The Morgan fingerprint density at radius 2 is 2.09 bits per heavy atom. The number of hydrogen-bond acceptors (Lipinski definition) is 4. The average molecular weight is 326 g/mol. The van der Waals surface area contributed by atoms with Crippen molar-refractivity contribution in [2.45, 2.75) is 77.5 Å². The van der Waals surface area contributed by atoms with Gasteiger partial charge in [-0.25, -0.2) is 0 Å². The third-order valence-corrected chi connectivity index (χ3v) is 4.60. The van der Waals surface area contributed by atoms with Gasteiger partial charge in [-0.05, 0) is 32.2 Å². The molecule has 0 aliphatic carbocycles. The lowest BCUT2D eigenvalue weighted by Crippen LogP contribution is -2.45. The van der Waals surface area contributed by atoms with E-state index in [1.54, 1.807) is 18.1 Å². The van der Waals surface area contributed by atoms with Gasteiger partial charge in [0.1, 0.15) is 5.76 Å². The zero-order valence-electron chi connectivity index (χ0n) is 15.0. The highest BCUT2D eigenvalue weighted by Crippen LogP contribution is 2.29. The van der Waals surface area contributed by atoms with Crippen molar-refractivity contribution in [2.24, 2.45) is 11.7 Å². The van der Waals surface area contributed by atoms with E-state index < -0.39 is 6.23 Å². The molecule has 0 spiro atoms. The molecule has 0 saturated carbocycles. The van der Waals surface area contributed by atoms with Gasteiger partial charge < -0.3 is 20.5 Å². The van der Waals surface area contributed by atoms with Crippen molar-refractivity contribution in [3.05, 3.63) is 11.8 Å². The molecule has 1 rings (SSSR count). The maximum Gasteiger partial charge on any atom is 0.228 e. The van der Waals surface area contributed by atoms with Gasteiger partial charge in [-0.2, -0.15) is 0 Å². The number of hydrogen-bond donors (Lipinski definition) is 2. The fourth-order valence-electron chi connectivity index (χ4n) is 3.17. The lowest BCUT2D eigenvalue weighted by Gasteiger charge is -2.31. The van der Waals surface area contributed by atoms with Gasteiger partial charge >= 0.3 is 0 Å². The highest BCUT2D eigenvalue weighted by atomic mass is 16.5. The standard InChI is InChI=1S/C18H34N2O3/c1-4-5-6-7-10-14(2)18(22)20-15(11-8-9-12-19)16(23-3)13-17(20)21/h13-15,17,21H,4-12,19H2,1-3H3/t14-,15?,17?/m1/s1. The molecular formula is C18H34N2O3. The van der Waals surface area contributed by atoms with Crippen LogP contribution in [0.1, 0.15) is 65.2 Å². The van der Waals surface area contributed by atoms with E-state index in [9.17, 15) is 9.90 Å². The Labute approximate surface area is 140 Å². The van der Waals surface area contributed by atoms with Crippen LogP contribution in [0.5, 0.6) is 0 Å². The molecular weight excluding hydrogens is 292 g/mol. The van der Waals surface area contributed by atoms with Crippen molar-refractivity contribution >= 4 is 5.91 Å². The number of carbonyl (C=O) groups is 1. The van der Waals surface area contributed by atoms with Crippen molar-refractivity contribution < 1.29 is 14.6 Å². The van der Waals surface area contributed by atoms with E-state index in [1.807, 2.05) is 6.92 Å². The first kappa shape index (κ1) is 20.0. The largest absolute Gasteiger partial charge is 0.499 e. The molecule has 1 heterocycles. The molecule has 134 valence electrons. The first-order valence-electron chi connectivity index (χ1n) is 9.02. The Bertz CT molecular complexity index is 384. The van der Waals surface area contributed by atoms with Crippen LogP contribution in [0, 0.1) is 5.92 Å². The maximum atomic E-state index is 12.8. The number of nitrogens with two attached hydrogens (primary N) is 1. The molecule has 2 unspecified atom stereocenters. The number of methoxy groups -OCH3 is 1. The van der Waals surface area contributed by atoms with Crippen LogP contribution in [-0.2, 0) is 9.53 Å². The van der Waals surface area contributed by atoms with E-state index in [1.165, 1.54) is 12.8 Å². The lowest BCUT2D eigenvalue weighted by molar-refractivity contribution is -0.144. The van der Waals surface area contributed by atoms with Crippen molar-refractivity contribution in [2.75, 3.05) is 13.7 Å². The predicted molar refractivity (Wildman–Crippen MR) is 92.6 cm³/mol. The summed E-state index contributed by atoms with van der Waals surface area (Å²) >= 11 is 0. The second kappa shape index (κ2) is 10.7. The van der Waals surface area contributed by atoms with Gasteiger partial charge in [0.05, 0.1) is 13.2 Å². The van der Waals surface area contributed by atoms with Gasteiger partial charge in [0.2, 0.25) is 5.91 Å². The van der Waals surface area contributed by atoms with Crippen LogP contribution in [0.25, 0.3) is 0 Å². The minimum Gasteiger partial charge on any atom is -0.499 e. The Morgan fingerprint density at radius 3 is 2.70 bits per heavy atom. The summed E-state index contributed by atoms with van der Waals surface area (Å²) in [6.45, 7) is 4.78. The van der Waals surface area contributed by atoms with E-state index in [2.05, 4.69) is 6.92 Å². The third-order valence-electron chi connectivity index (χ3n) is 4.60. The lowest BCUT2D eigenvalue weighted by atomic mass is 9.99. The first-order chi connectivity index (χ1) is 11.1. The van der Waals surface area contributed by atoms with Crippen LogP contribution in [-0.4, -0.2) is 41.8 Å². The third kappa shape index (κ3) is 5.81. The van der Waals surface area contributed by atoms with Gasteiger partial charge in [-0.1, -0.05) is 39.5 Å². The fraction of sp³-hybridized carbons (Fsp3) is 0.833. The van der Waals surface area contributed by atoms with E-state index in [0.29, 0.717) is 12.3 Å². The van der Waals surface area contributed by atoms with Crippen molar-refractivity contribution in [3.8, 4) is 0 Å². The zero-order valence-corrected chi connectivity index (χ0v) is 15.0. The maximum absolute atomic E-state index is 12.8. The van der Waals surface area contributed by atoms with Crippen LogP contribution >= 0.6 is 0 Å². The Balaban J connectivity index is 2.63. The summed E-state index contributed by atoms with van der Waals surface area (Å²) < 4.78 is 5.37. The minimum absolute atomic E-state index is 0.0232. The summed E-state index contributed by atoms with van der Waals surface area (Å²) in [6, 6.07) is -0.160. The van der Waals surface area contributed by atoms with Gasteiger partial charge in [0.25, 0.3) is 0 Å². The second-order valence-corrected chi connectivity index (χ2v) is 6.48. The molecule has 0 aromatic rings. The summed E-state index contributed by atoms with van der Waals surface area (Å²) in [5.74, 6) is 0.652. The average Bonchev–Trinajstić information content (AvgIpc) is 2.86. The molecule has 0 aromatic heterocycles. The summed E-state index contributed by atoms with van der Waals surface area (Å²) in [4.78, 5) is 14.4. The first-order valence-corrected chi connectivity index (χ1v) is 9.02. The Morgan fingerprint density at radius 1 is 1.35 bits per heavy atom. The number of aliphatic hydroxyl groups is 1. The van der Waals surface area contributed by atoms with E-state index in [0.717, 1.165) is 38.5 Å². The molecule has 1 amide bonds. The Kier molecular flexibility index (Phi) is 9.26. The molecule has 0 saturated heterocycles. The molecule has 0 radical (unpaired) electrons. The van der Waals surface area contributed by atoms with Crippen LogP contribution in [0.3, 0.4) is 0 Å². The Hall–Kier alpha value is -1.07. The number of aliphatic hydroxyl groups excluding tert-OH is 1. The molecule has 3 N–H and O–H groups in total. The zero-order chi connectivity index (χ0) is 17.2. The van der Waals surface area contributed by atoms with Crippen molar-refractivity contribution in [1.29, 1.82) is 0 Å². The molecule has 0 aromatic carbocycles. The van der Waals surface area contributed by atoms with Crippen molar-refractivity contribution in [3.63, 3.8) is 0 Å². The van der Waals surface area contributed by atoms with Gasteiger partial charge in [0, 0.05) is 12.0 Å². The number of ether oxygens (including phenoxy) is 1. The second-order valence-electron chi connectivity index (χ2n) is 6.48. The summed E-state index contributed by atoms with van der Waals surface area (Å²) in [5.41, 5.74) is 5.55. The van der Waals surface area contributed by atoms with Crippen LogP contribution in [0.4, 0.5) is 0 Å². The molecule has 3 atom stereocenters. The number of nitrogens with zero attached hydrogens (tertiary/aromatic N) is 1. The van der Waals surface area contributed by atoms with Gasteiger partial charge in [-0.15, -0.1) is 0 Å². The number of amides is 1. The monoisotopic (exact) mass is 326 g/mol. The molecule has 5 nitrogen and oxygen atoms in total. The highest BCUT2D eigenvalue weighted by molar-refractivity contribution is 5.80. The number of rotatable bonds is 11. The van der Waals surface area contributed by atoms with E-state index in [-0.39, 0.29) is 17.9 Å². The molecule has 5 heteroatoms. The quantitative estimate of drug-likeness (QED) is 0.572. The topological polar surface area (TPSA) is 75.8 Å². The SMILES string of the molecule is CCCCCC[C@@H](C)C(=O)N1C(O)C=C(OC)C1CCCCN. The molecule has 23 heavy (non-hydrogen) atoms. The highest BCUT2D eigenvalue weighted by Gasteiger charge is 2.38. The van der Waals surface area contributed by atoms with E-state index in [4.69, 9.17) is 10.5 Å². The van der Waals surface area contributed by atoms with Gasteiger partial charge in [0.15, 0.2) is 6.23 Å². The molecule has 1 aliphatic rings. The molecule has 0 bridgehead atoms. The van der Waals surface area contributed by atoms with Crippen LogP contribution < -0.4 is 5.73 Å². The molecule has 1 aliphatic heterocycles. The normalized spacial score (nSPS) is 22.1. The van der Waals surface area contributed by atoms with E-state index >= 15 is 0 Å². The number of unbranched alkanes of at least 4 members (excludes halogenated alkanes) is 4. The molecule has 0 fully saturated rings.